The minimum absolute atomic E-state index is 0.0432. The number of nitrogens with one attached hydrogen (secondary N) is 2. The molecular formula is C18H20BrFN2O2S. The van der Waals surface area contributed by atoms with Crippen molar-refractivity contribution in [3.8, 4) is 11.5 Å². The Morgan fingerprint density at radius 2 is 1.88 bits per heavy atom. The number of benzene rings is 2. The fraction of sp³-hybridized carbons (Fsp3) is 0.278. The standard InChI is InChI=1S/C18H20BrFN2O2S/c1-4-14(11-5-8-16(23-2)17(9-11)24-3)21-18(25)22-15-7-6-12(19)10-13(15)20/h5-10,14H,4H2,1-3H3,(H2,21,22,25)/t14-/m0/s1. The summed E-state index contributed by atoms with van der Waals surface area (Å²) in [4.78, 5) is 0. The lowest BCUT2D eigenvalue weighted by Crippen LogP contribution is -2.32. The van der Waals surface area contributed by atoms with Crippen LogP contribution in [0.2, 0.25) is 0 Å². The van der Waals surface area contributed by atoms with Gasteiger partial charge in [0.2, 0.25) is 0 Å². The highest BCUT2D eigenvalue weighted by molar-refractivity contribution is 9.10. The van der Waals surface area contributed by atoms with Crippen LogP contribution < -0.4 is 20.1 Å². The number of hydrogen-bond donors (Lipinski definition) is 2. The maximum atomic E-state index is 13.9. The zero-order valence-corrected chi connectivity index (χ0v) is 16.6. The van der Waals surface area contributed by atoms with Crippen molar-refractivity contribution in [2.45, 2.75) is 19.4 Å². The molecule has 2 rings (SSSR count). The van der Waals surface area contributed by atoms with Crippen molar-refractivity contribution in [3.05, 3.63) is 52.3 Å². The first-order valence-electron chi connectivity index (χ1n) is 7.73. The van der Waals surface area contributed by atoms with E-state index >= 15 is 0 Å². The number of halogens is 2. The van der Waals surface area contributed by atoms with Gasteiger partial charge in [-0.25, -0.2) is 4.39 Å². The van der Waals surface area contributed by atoms with E-state index in [4.69, 9.17) is 21.7 Å². The van der Waals surface area contributed by atoms with Crippen LogP contribution in [0.3, 0.4) is 0 Å². The summed E-state index contributed by atoms with van der Waals surface area (Å²) >= 11 is 8.56. The monoisotopic (exact) mass is 426 g/mol. The molecule has 0 saturated heterocycles. The molecule has 2 aromatic carbocycles. The van der Waals surface area contributed by atoms with E-state index in [2.05, 4.69) is 26.6 Å². The van der Waals surface area contributed by atoms with Gasteiger partial charge < -0.3 is 20.1 Å². The predicted molar refractivity (Wildman–Crippen MR) is 106 cm³/mol. The lowest BCUT2D eigenvalue weighted by molar-refractivity contribution is 0.354. The van der Waals surface area contributed by atoms with Gasteiger partial charge in [-0.1, -0.05) is 28.9 Å². The maximum Gasteiger partial charge on any atom is 0.171 e. The van der Waals surface area contributed by atoms with E-state index in [0.717, 1.165) is 12.0 Å². The summed E-state index contributed by atoms with van der Waals surface area (Å²) in [5.74, 6) is 0.939. The van der Waals surface area contributed by atoms with Crippen LogP contribution in [0, 0.1) is 5.82 Å². The summed E-state index contributed by atoms with van der Waals surface area (Å²) in [6, 6.07) is 10.4. The number of ether oxygens (including phenoxy) is 2. The van der Waals surface area contributed by atoms with Gasteiger partial charge in [0.1, 0.15) is 5.82 Å². The molecule has 0 saturated carbocycles. The number of hydrogen-bond acceptors (Lipinski definition) is 3. The minimum atomic E-state index is -0.377. The van der Waals surface area contributed by atoms with Gasteiger partial charge in [-0.3, -0.25) is 0 Å². The average Bonchev–Trinajstić information content (AvgIpc) is 2.61. The van der Waals surface area contributed by atoms with E-state index in [0.29, 0.717) is 26.8 Å². The number of thiocarbonyl (C=S) groups is 1. The molecule has 7 heteroatoms. The first kappa shape index (κ1) is 19.5. The molecular weight excluding hydrogens is 407 g/mol. The molecule has 4 nitrogen and oxygen atoms in total. The van der Waals surface area contributed by atoms with Crippen molar-refractivity contribution in [1.29, 1.82) is 0 Å². The Balaban J connectivity index is 2.12. The fourth-order valence-corrected chi connectivity index (χ4v) is 2.98. The van der Waals surface area contributed by atoms with Crippen molar-refractivity contribution < 1.29 is 13.9 Å². The largest absolute Gasteiger partial charge is 0.493 e. The molecule has 134 valence electrons. The van der Waals surface area contributed by atoms with Gasteiger partial charge in [0.25, 0.3) is 0 Å². The molecule has 0 bridgehead atoms. The second-order valence-corrected chi connectivity index (χ2v) is 6.62. The Labute approximate surface area is 160 Å². The van der Waals surface area contributed by atoms with Crippen molar-refractivity contribution in [2.24, 2.45) is 0 Å². The Bertz CT molecular complexity index is 758. The van der Waals surface area contributed by atoms with Gasteiger partial charge in [0.05, 0.1) is 25.9 Å². The smallest absolute Gasteiger partial charge is 0.171 e. The Kier molecular flexibility index (Phi) is 7.01. The zero-order chi connectivity index (χ0) is 18.4. The van der Waals surface area contributed by atoms with E-state index in [1.54, 1.807) is 26.4 Å². The van der Waals surface area contributed by atoms with Crippen molar-refractivity contribution in [3.63, 3.8) is 0 Å². The van der Waals surface area contributed by atoms with Crippen molar-refractivity contribution in [2.75, 3.05) is 19.5 Å². The molecule has 0 aromatic heterocycles. The Morgan fingerprint density at radius 1 is 1.16 bits per heavy atom. The van der Waals surface area contributed by atoms with Gasteiger partial charge in [-0.05, 0) is 54.5 Å². The van der Waals surface area contributed by atoms with Crippen molar-refractivity contribution in [1.82, 2.24) is 5.32 Å². The van der Waals surface area contributed by atoms with E-state index < -0.39 is 0 Å². The first-order valence-corrected chi connectivity index (χ1v) is 8.93. The van der Waals surface area contributed by atoms with Crippen LogP contribution in [0.5, 0.6) is 11.5 Å². The third-order valence-corrected chi connectivity index (χ3v) is 4.42. The molecule has 1 atom stereocenters. The molecule has 0 aliphatic carbocycles. The predicted octanol–water partition coefficient (Wildman–Crippen LogP) is 5.04. The molecule has 0 spiro atoms. The molecule has 2 N–H and O–H groups in total. The van der Waals surface area contributed by atoms with Crippen LogP contribution in [-0.2, 0) is 0 Å². The zero-order valence-electron chi connectivity index (χ0n) is 14.2. The van der Waals surface area contributed by atoms with Gasteiger partial charge in [-0.2, -0.15) is 0 Å². The number of methoxy groups -OCH3 is 2. The fourth-order valence-electron chi connectivity index (χ4n) is 2.40. The summed E-state index contributed by atoms with van der Waals surface area (Å²) in [7, 11) is 3.19. The quantitative estimate of drug-likeness (QED) is 0.633. The third kappa shape index (κ3) is 5.06. The van der Waals surface area contributed by atoms with Crippen LogP contribution in [0.15, 0.2) is 40.9 Å². The highest BCUT2D eigenvalue weighted by Crippen LogP contribution is 2.31. The van der Waals surface area contributed by atoms with Gasteiger partial charge in [0.15, 0.2) is 16.6 Å². The normalized spacial score (nSPS) is 11.6. The van der Waals surface area contributed by atoms with E-state index in [1.165, 1.54) is 6.07 Å². The molecule has 25 heavy (non-hydrogen) atoms. The minimum Gasteiger partial charge on any atom is -0.493 e. The SMILES string of the molecule is CC[C@H](NC(=S)Nc1ccc(Br)cc1F)c1ccc(OC)c(OC)c1. The summed E-state index contributed by atoms with van der Waals surface area (Å²) < 4.78 is 25.2. The van der Waals surface area contributed by atoms with E-state index in [1.807, 2.05) is 25.1 Å². The van der Waals surface area contributed by atoms with Crippen LogP contribution in [-0.4, -0.2) is 19.3 Å². The Hall–Kier alpha value is -1.86. The van der Waals surface area contributed by atoms with Crippen LogP contribution in [0.4, 0.5) is 10.1 Å². The highest BCUT2D eigenvalue weighted by Gasteiger charge is 2.14. The van der Waals surface area contributed by atoms with Crippen LogP contribution in [0.25, 0.3) is 0 Å². The van der Waals surface area contributed by atoms with E-state index in [-0.39, 0.29) is 11.9 Å². The maximum absolute atomic E-state index is 13.9. The highest BCUT2D eigenvalue weighted by atomic mass is 79.9. The number of anilines is 1. The topological polar surface area (TPSA) is 42.5 Å². The molecule has 0 fully saturated rings. The number of rotatable bonds is 6. The Morgan fingerprint density at radius 3 is 2.48 bits per heavy atom. The van der Waals surface area contributed by atoms with Gasteiger partial charge in [-0.15, -0.1) is 0 Å². The van der Waals surface area contributed by atoms with Crippen LogP contribution in [0.1, 0.15) is 24.9 Å². The summed E-state index contributed by atoms with van der Waals surface area (Å²) in [5, 5.41) is 6.45. The summed E-state index contributed by atoms with van der Waals surface area (Å²) in [5.41, 5.74) is 1.32. The molecule has 0 amide bonds. The van der Waals surface area contributed by atoms with E-state index in [9.17, 15) is 4.39 Å². The van der Waals surface area contributed by atoms with Crippen LogP contribution >= 0.6 is 28.1 Å². The first-order chi connectivity index (χ1) is 12.0. The summed E-state index contributed by atoms with van der Waals surface area (Å²) in [6.45, 7) is 2.04. The molecule has 0 aliphatic heterocycles. The molecule has 0 aliphatic rings. The van der Waals surface area contributed by atoms with Gasteiger partial charge >= 0.3 is 0 Å². The summed E-state index contributed by atoms with van der Waals surface area (Å²) in [6.07, 6.45) is 0.792. The molecule has 0 heterocycles. The lowest BCUT2D eigenvalue weighted by Gasteiger charge is -2.21. The third-order valence-electron chi connectivity index (χ3n) is 3.70. The average molecular weight is 427 g/mol. The lowest BCUT2D eigenvalue weighted by atomic mass is 10.0. The molecule has 2 aromatic rings. The molecule has 0 radical (unpaired) electrons. The second-order valence-electron chi connectivity index (χ2n) is 5.30. The van der Waals surface area contributed by atoms with Crippen molar-refractivity contribution >= 4 is 38.9 Å². The van der Waals surface area contributed by atoms with Gasteiger partial charge in [0, 0.05) is 4.47 Å². The molecule has 0 unspecified atom stereocenters. The second kappa shape index (κ2) is 9.01.